The van der Waals surface area contributed by atoms with Crippen molar-refractivity contribution in [2.75, 3.05) is 7.11 Å². The lowest BCUT2D eigenvalue weighted by molar-refractivity contribution is 0.416. The van der Waals surface area contributed by atoms with E-state index in [1.54, 1.807) is 13.2 Å². The molecule has 0 atom stereocenters. The van der Waals surface area contributed by atoms with Crippen molar-refractivity contribution in [1.29, 1.82) is 0 Å². The van der Waals surface area contributed by atoms with E-state index >= 15 is 0 Å². The zero-order valence-electron chi connectivity index (χ0n) is 8.27. The maximum atomic E-state index is 5.84. The molecule has 0 radical (unpaired) electrons. The fraction of sp³-hybridized carbons (Fsp3) is 0.0833. The van der Waals surface area contributed by atoms with Gasteiger partial charge in [-0.25, -0.2) is 4.98 Å². The van der Waals surface area contributed by atoms with Crippen LogP contribution in [0.4, 0.5) is 0 Å². The fourth-order valence-corrected chi connectivity index (χ4v) is 1.58. The van der Waals surface area contributed by atoms with Gasteiger partial charge in [-0.3, -0.25) is 0 Å². The van der Waals surface area contributed by atoms with E-state index in [0.717, 1.165) is 17.0 Å². The lowest BCUT2D eigenvalue weighted by atomic mass is 10.1. The Morgan fingerprint density at radius 2 is 1.87 bits per heavy atom. The molecular weight excluding hydrogens is 210 g/mol. The summed E-state index contributed by atoms with van der Waals surface area (Å²) in [6.07, 6.45) is 0. The molecule has 0 spiro atoms. The van der Waals surface area contributed by atoms with Crippen LogP contribution in [0.25, 0.3) is 11.3 Å². The van der Waals surface area contributed by atoms with Gasteiger partial charge in [0.05, 0.1) is 12.8 Å². The molecule has 2 aromatic rings. The number of aromatic nitrogens is 1. The maximum absolute atomic E-state index is 5.84. The van der Waals surface area contributed by atoms with Crippen molar-refractivity contribution in [2.45, 2.75) is 0 Å². The van der Waals surface area contributed by atoms with Crippen LogP contribution in [0.5, 0.6) is 5.75 Å². The third-order valence-electron chi connectivity index (χ3n) is 2.10. The number of ether oxygens (including phenoxy) is 1. The quantitative estimate of drug-likeness (QED) is 0.723. The summed E-state index contributed by atoms with van der Waals surface area (Å²) in [6, 6.07) is 13.3. The Labute approximate surface area is 93.5 Å². The molecule has 0 bridgehead atoms. The van der Waals surface area contributed by atoms with E-state index in [9.17, 15) is 0 Å². The molecular formula is C12H10ClNO. The predicted octanol–water partition coefficient (Wildman–Crippen LogP) is 3.41. The highest BCUT2D eigenvalue weighted by Gasteiger charge is 2.05. The van der Waals surface area contributed by atoms with Crippen molar-refractivity contribution in [2.24, 2.45) is 0 Å². The molecule has 3 heteroatoms. The van der Waals surface area contributed by atoms with Gasteiger partial charge in [0.25, 0.3) is 0 Å². The van der Waals surface area contributed by atoms with Crippen LogP contribution in [0.3, 0.4) is 0 Å². The van der Waals surface area contributed by atoms with E-state index in [0.29, 0.717) is 5.15 Å². The molecule has 1 aromatic heterocycles. The number of hydrogen-bond acceptors (Lipinski definition) is 2. The van der Waals surface area contributed by atoms with Crippen molar-refractivity contribution in [3.63, 3.8) is 0 Å². The molecule has 0 N–H and O–H groups in total. The third kappa shape index (κ3) is 2.10. The topological polar surface area (TPSA) is 22.1 Å². The van der Waals surface area contributed by atoms with Gasteiger partial charge in [-0.1, -0.05) is 29.8 Å². The summed E-state index contributed by atoms with van der Waals surface area (Å²) < 4.78 is 5.26. The molecule has 0 saturated heterocycles. The first kappa shape index (κ1) is 9.99. The minimum atomic E-state index is 0.485. The van der Waals surface area contributed by atoms with Crippen LogP contribution < -0.4 is 4.74 Å². The second-order valence-corrected chi connectivity index (χ2v) is 3.43. The first-order valence-corrected chi connectivity index (χ1v) is 4.95. The number of para-hydroxylation sites is 1. The van der Waals surface area contributed by atoms with Crippen molar-refractivity contribution in [3.05, 3.63) is 47.6 Å². The molecule has 0 aliphatic rings. The molecule has 1 heterocycles. The molecule has 0 unspecified atom stereocenters. The van der Waals surface area contributed by atoms with Gasteiger partial charge < -0.3 is 4.74 Å². The summed E-state index contributed by atoms with van der Waals surface area (Å²) >= 11 is 5.84. The van der Waals surface area contributed by atoms with Gasteiger partial charge in [-0.2, -0.15) is 0 Å². The van der Waals surface area contributed by atoms with Crippen LogP contribution in [0, 0.1) is 0 Å². The van der Waals surface area contributed by atoms with Crippen LogP contribution in [-0.4, -0.2) is 12.1 Å². The zero-order valence-corrected chi connectivity index (χ0v) is 9.03. The van der Waals surface area contributed by atoms with Crippen LogP contribution in [-0.2, 0) is 0 Å². The van der Waals surface area contributed by atoms with E-state index < -0.39 is 0 Å². The standard InChI is InChI=1S/C12H10ClNO/c1-15-11-7-3-2-5-9(11)10-6-4-8-12(13)14-10/h2-8H,1H3. The van der Waals surface area contributed by atoms with Gasteiger partial charge in [0.2, 0.25) is 0 Å². The fourth-order valence-electron chi connectivity index (χ4n) is 1.41. The molecule has 2 rings (SSSR count). The number of hydrogen-bond donors (Lipinski definition) is 0. The molecule has 0 aliphatic carbocycles. The Kier molecular flexibility index (Phi) is 2.88. The summed E-state index contributed by atoms with van der Waals surface area (Å²) in [4.78, 5) is 4.24. The van der Waals surface area contributed by atoms with Crippen molar-refractivity contribution in [1.82, 2.24) is 4.98 Å². The molecule has 1 aromatic carbocycles. The van der Waals surface area contributed by atoms with Gasteiger partial charge in [-0.05, 0) is 24.3 Å². The Bertz CT molecular complexity index is 471. The molecule has 0 amide bonds. The van der Waals surface area contributed by atoms with Crippen molar-refractivity contribution in [3.8, 4) is 17.0 Å². The Morgan fingerprint density at radius 1 is 1.07 bits per heavy atom. The highest BCUT2D eigenvalue weighted by atomic mass is 35.5. The SMILES string of the molecule is COc1ccccc1-c1cccc(Cl)n1. The second kappa shape index (κ2) is 4.32. The molecule has 76 valence electrons. The molecule has 0 saturated carbocycles. The van der Waals surface area contributed by atoms with Crippen LogP contribution >= 0.6 is 11.6 Å². The maximum Gasteiger partial charge on any atom is 0.129 e. The average Bonchev–Trinajstić information content (AvgIpc) is 2.29. The number of nitrogens with zero attached hydrogens (tertiary/aromatic N) is 1. The number of benzene rings is 1. The molecule has 0 fully saturated rings. The second-order valence-electron chi connectivity index (χ2n) is 3.05. The number of rotatable bonds is 2. The highest BCUT2D eigenvalue weighted by molar-refractivity contribution is 6.29. The molecule has 15 heavy (non-hydrogen) atoms. The Hall–Kier alpha value is -1.54. The van der Waals surface area contributed by atoms with Crippen LogP contribution in [0.1, 0.15) is 0 Å². The summed E-state index contributed by atoms with van der Waals surface area (Å²) in [5.74, 6) is 0.798. The summed E-state index contributed by atoms with van der Waals surface area (Å²) in [6.45, 7) is 0. The predicted molar refractivity (Wildman–Crippen MR) is 61.2 cm³/mol. The van der Waals surface area contributed by atoms with E-state index in [1.165, 1.54) is 0 Å². The van der Waals surface area contributed by atoms with Gasteiger partial charge in [-0.15, -0.1) is 0 Å². The Morgan fingerprint density at radius 3 is 2.60 bits per heavy atom. The minimum Gasteiger partial charge on any atom is -0.496 e. The van der Waals surface area contributed by atoms with Crippen LogP contribution in [0.15, 0.2) is 42.5 Å². The highest BCUT2D eigenvalue weighted by Crippen LogP contribution is 2.28. The first-order chi connectivity index (χ1) is 7.31. The normalized spacial score (nSPS) is 10.0. The van der Waals surface area contributed by atoms with E-state index in [-0.39, 0.29) is 0 Å². The smallest absolute Gasteiger partial charge is 0.129 e. The summed E-state index contributed by atoms with van der Waals surface area (Å²) in [7, 11) is 1.64. The van der Waals surface area contributed by atoms with E-state index in [4.69, 9.17) is 16.3 Å². The minimum absolute atomic E-state index is 0.485. The number of methoxy groups -OCH3 is 1. The largest absolute Gasteiger partial charge is 0.496 e. The Balaban J connectivity index is 2.53. The zero-order chi connectivity index (χ0) is 10.7. The summed E-state index contributed by atoms with van der Waals surface area (Å²) in [5.41, 5.74) is 1.77. The van der Waals surface area contributed by atoms with Gasteiger partial charge >= 0.3 is 0 Å². The third-order valence-corrected chi connectivity index (χ3v) is 2.31. The van der Waals surface area contributed by atoms with Crippen LogP contribution in [0.2, 0.25) is 5.15 Å². The monoisotopic (exact) mass is 219 g/mol. The molecule has 2 nitrogen and oxygen atoms in total. The lowest BCUT2D eigenvalue weighted by Gasteiger charge is -2.07. The van der Waals surface area contributed by atoms with E-state index in [1.807, 2.05) is 36.4 Å². The first-order valence-electron chi connectivity index (χ1n) is 4.57. The van der Waals surface area contributed by atoms with Crippen molar-refractivity contribution >= 4 is 11.6 Å². The van der Waals surface area contributed by atoms with Gasteiger partial charge in [0, 0.05) is 5.56 Å². The van der Waals surface area contributed by atoms with Crippen molar-refractivity contribution < 1.29 is 4.74 Å². The van der Waals surface area contributed by atoms with Gasteiger partial charge in [0.15, 0.2) is 0 Å². The number of halogens is 1. The van der Waals surface area contributed by atoms with E-state index in [2.05, 4.69) is 4.98 Å². The average molecular weight is 220 g/mol. The lowest BCUT2D eigenvalue weighted by Crippen LogP contribution is -1.89. The summed E-state index contributed by atoms with van der Waals surface area (Å²) in [5, 5.41) is 0.485. The van der Waals surface area contributed by atoms with Gasteiger partial charge in [0.1, 0.15) is 10.9 Å². The number of pyridine rings is 1. The molecule has 0 aliphatic heterocycles.